The summed E-state index contributed by atoms with van der Waals surface area (Å²) in [5.74, 6) is -0.455. The fourth-order valence-corrected chi connectivity index (χ4v) is 2.12. The summed E-state index contributed by atoms with van der Waals surface area (Å²) in [5, 5.41) is 3.12. The first-order chi connectivity index (χ1) is 9.94. The first-order valence-electron chi connectivity index (χ1n) is 6.53. The van der Waals surface area contributed by atoms with E-state index in [0.717, 1.165) is 18.2 Å². The van der Waals surface area contributed by atoms with Crippen LogP contribution in [0.1, 0.15) is 26.0 Å². The summed E-state index contributed by atoms with van der Waals surface area (Å²) in [5.41, 5.74) is -0.0517. The molecule has 1 rings (SSSR count). The fraction of sp³-hybridized carbons (Fsp3) is 0.538. The van der Waals surface area contributed by atoms with Crippen molar-refractivity contribution in [3.8, 4) is 0 Å². The van der Waals surface area contributed by atoms with Crippen molar-refractivity contribution in [2.45, 2.75) is 37.9 Å². The van der Waals surface area contributed by atoms with Gasteiger partial charge in [-0.15, -0.1) is 0 Å². The number of ether oxygens (including phenoxy) is 1. The van der Waals surface area contributed by atoms with Crippen molar-refractivity contribution in [1.29, 1.82) is 0 Å². The van der Waals surface area contributed by atoms with Crippen LogP contribution in [-0.4, -0.2) is 40.7 Å². The van der Waals surface area contributed by atoms with E-state index in [2.05, 4.69) is 20.0 Å². The lowest BCUT2D eigenvalue weighted by Crippen LogP contribution is -2.33. The van der Waals surface area contributed by atoms with Crippen LogP contribution >= 0.6 is 11.8 Å². The van der Waals surface area contributed by atoms with E-state index in [1.54, 1.807) is 0 Å². The van der Waals surface area contributed by atoms with Crippen molar-refractivity contribution in [1.82, 2.24) is 15.3 Å². The SMILES string of the molecule is CC[C@H](C)NC(=O)CSc1nc(CC(=O)OC)cc(=O)[nH]1. The molecule has 0 unspecified atom stereocenters. The van der Waals surface area contributed by atoms with Crippen molar-refractivity contribution in [3.05, 3.63) is 22.1 Å². The van der Waals surface area contributed by atoms with Gasteiger partial charge in [0.25, 0.3) is 5.56 Å². The van der Waals surface area contributed by atoms with E-state index in [4.69, 9.17) is 0 Å². The zero-order chi connectivity index (χ0) is 15.8. The second kappa shape index (κ2) is 8.46. The molecule has 0 aliphatic carbocycles. The molecule has 0 radical (unpaired) electrons. The summed E-state index contributed by atoms with van der Waals surface area (Å²) in [4.78, 5) is 41.0. The molecule has 0 fully saturated rings. The Balaban J connectivity index is 2.65. The Morgan fingerprint density at radius 3 is 2.86 bits per heavy atom. The Bertz CT molecular complexity index is 559. The second-order valence-electron chi connectivity index (χ2n) is 4.46. The maximum absolute atomic E-state index is 11.7. The van der Waals surface area contributed by atoms with Gasteiger partial charge in [0.2, 0.25) is 5.91 Å². The van der Waals surface area contributed by atoms with Crippen LogP contribution in [0.2, 0.25) is 0 Å². The van der Waals surface area contributed by atoms with Gasteiger partial charge in [-0.1, -0.05) is 18.7 Å². The Kier molecular flexibility index (Phi) is 6.93. The molecule has 21 heavy (non-hydrogen) atoms. The number of hydrogen-bond donors (Lipinski definition) is 2. The molecule has 1 aromatic heterocycles. The third-order valence-corrected chi connectivity index (χ3v) is 3.56. The largest absolute Gasteiger partial charge is 0.469 e. The lowest BCUT2D eigenvalue weighted by Gasteiger charge is -2.10. The van der Waals surface area contributed by atoms with Crippen molar-refractivity contribution in [2.24, 2.45) is 0 Å². The molecule has 0 spiro atoms. The molecule has 2 N–H and O–H groups in total. The van der Waals surface area contributed by atoms with Crippen molar-refractivity contribution >= 4 is 23.6 Å². The number of hydrogen-bond acceptors (Lipinski definition) is 6. The van der Waals surface area contributed by atoms with Gasteiger partial charge >= 0.3 is 5.97 Å². The number of nitrogens with one attached hydrogen (secondary N) is 2. The van der Waals surface area contributed by atoms with Crippen LogP contribution in [0, 0.1) is 0 Å². The molecule has 0 aliphatic rings. The normalized spacial score (nSPS) is 11.8. The zero-order valence-corrected chi connectivity index (χ0v) is 13.1. The standard InChI is InChI=1S/C13H19N3O4S/c1-4-8(2)14-11(18)7-21-13-15-9(5-10(17)16-13)6-12(19)20-3/h5,8H,4,6-7H2,1-3H3,(H,14,18)(H,15,16,17)/t8-/m0/s1. The number of aromatic nitrogens is 2. The van der Waals surface area contributed by atoms with E-state index in [0.29, 0.717) is 10.9 Å². The first kappa shape index (κ1) is 17.2. The molecule has 0 saturated heterocycles. The number of amides is 1. The van der Waals surface area contributed by atoms with E-state index in [-0.39, 0.29) is 29.7 Å². The smallest absolute Gasteiger partial charge is 0.311 e. The van der Waals surface area contributed by atoms with Crippen LogP contribution in [0.5, 0.6) is 0 Å². The lowest BCUT2D eigenvalue weighted by atomic mass is 10.3. The predicted octanol–water partition coefficient (Wildman–Crippen LogP) is 0.492. The minimum Gasteiger partial charge on any atom is -0.469 e. The number of aromatic amines is 1. The van der Waals surface area contributed by atoms with E-state index < -0.39 is 5.97 Å². The molecule has 1 amide bonds. The minimum absolute atomic E-state index is 0.0763. The van der Waals surface area contributed by atoms with Gasteiger partial charge in [-0.2, -0.15) is 0 Å². The minimum atomic E-state index is -0.474. The van der Waals surface area contributed by atoms with Gasteiger partial charge in [-0.3, -0.25) is 14.4 Å². The third-order valence-electron chi connectivity index (χ3n) is 2.69. The molecule has 1 heterocycles. The van der Waals surface area contributed by atoms with Gasteiger partial charge < -0.3 is 15.0 Å². The van der Waals surface area contributed by atoms with Crippen LogP contribution in [0.25, 0.3) is 0 Å². The maximum Gasteiger partial charge on any atom is 0.311 e. The van der Waals surface area contributed by atoms with Crippen LogP contribution in [0.4, 0.5) is 0 Å². The van der Waals surface area contributed by atoms with Crippen LogP contribution in [0.3, 0.4) is 0 Å². The Morgan fingerprint density at radius 1 is 1.52 bits per heavy atom. The summed E-state index contributed by atoms with van der Waals surface area (Å²) >= 11 is 1.11. The highest BCUT2D eigenvalue weighted by Gasteiger charge is 2.10. The average molecular weight is 313 g/mol. The quantitative estimate of drug-likeness (QED) is 0.432. The summed E-state index contributed by atoms with van der Waals surface area (Å²) in [7, 11) is 1.27. The Morgan fingerprint density at radius 2 is 2.24 bits per heavy atom. The van der Waals surface area contributed by atoms with E-state index >= 15 is 0 Å². The number of carbonyl (C=O) groups excluding carboxylic acids is 2. The molecule has 0 aromatic carbocycles. The summed E-state index contributed by atoms with van der Waals surface area (Å²) in [6.07, 6.45) is 0.771. The van der Waals surface area contributed by atoms with Gasteiger partial charge in [0.05, 0.1) is 25.0 Å². The molecular weight excluding hydrogens is 294 g/mol. The highest BCUT2D eigenvalue weighted by molar-refractivity contribution is 7.99. The van der Waals surface area contributed by atoms with Crippen molar-refractivity contribution in [2.75, 3.05) is 12.9 Å². The molecule has 1 aromatic rings. The number of esters is 1. The number of carbonyl (C=O) groups is 2. The number of H-pyrrole nitrogens is 1. The predicted molar refractivity (Wildman–Crippen MR) is 79.2 cm³/mol. The average Bonchev–Trinajstić information content (AvgIpc) is 2.44. The number of methoxy groups -OCH3 is 1. The molecule has 116 valence electrons. The van der Waals surface area contributed by atoms with Crippen LogP contribution in [0.15, 0.2) is 16.0 Å². The highest BCUT2D eigenvalue weighted by Crippen LogP contribution is 2.11. The van der Waals surface area contributed by atoms with E-state index in [1.165, 1.54) is 13.2 Å². The monoisotopic (exact) mass is 313 g/mol. The molecule has 0 saturated carbocycles. The van der Waals surface area contributed by atoms with Gasteiger partial charge in [-0.25, -0.2) is 4.98 Å². The summed E-state index contributed by atoms with van der Waals surface area (Å²) in [6.45, 7) is 3.90. The van der Waals surface area contributed by atoms with Gasteiger partial charge in [0.15, 0.2) is 5.16 Å². The molecule has 0 aliphatic heterocycles. The number of rotatable bonds is 7. The fourth-order valence-electron chi connectivity index (χ4n) is 1.41. The van der Waals surface area contributed by atoms with Gasteiger partial charge in [-0.05, 0) is 13.3 Å². The number of thioether (sulfide) groups is 1. The Labute approximate surface area is 126 Å². The van der Waals surface area contributed by atoms with Crippen LogP contribution < -0.4 is 10.9 Å². The zero-order valence-electron chi connectivity index (χ0n) is 12.3. The second-order valence-corrected chi connectivity index (χ2v) is 5.42. The van der Waals surface area contributed by atoms with Crippen molar-refractivity contribution < 1.29 is 14.3 Å². The van der Waals surface area contributed by atoms with Gasteiger partial charge in [0.1, 0.15) is 0 Å². The number of nitrogens with zero attached hydrogens (tertiary/aromatic N) is 1. The molecular formula is C13H19N3O4S. The third kappa shape index (κ3) is 6.44. The maximum atomic E-state index is 11.7. The first-order valence-corrected chi connectivity index (χ1v) is 7.52. The van der Waals surface area contributed by atoms with E-state index in [9.17, 15) is 14.4 Å². The lowest BCUT2D eigenvalue weighted by molar-refractivity contribution is -0.139. The summed E-state index contributed by atoms with van der Waals surface area (Å²) in [6, 6.07) is 1.34. The van der Waals surface area contributed by atoms with Crippen LogP contribution in [-0.2, 0) is 20.7 Å². The summed E-state index contributed by atoms with van der Waals surface area (Å²) < 4.78 is 4.53. The molecule has 7 nitrogen and oxygen atoms in total. The Hall–Kier alpha value is -1.83. The van der Waals surface area contributed by atoms with Gasteiger partial charge in [0, 0.05) is 12.1 Å². The molecule has 1 atom stereocenters. The van der Waals surface area contributed by atoms with Crippen molar-refractivity contribution in [3.63, 3.8) is 0 Å². The highest BCUT2D eigenvalue weighted by atomic mass is 32.2. The topological polar surface area (TPSA) is 101 Å². The molecule has 0 bridgehead atoms. The molecule has 8 heteroatoms. The van der Waals surface area contributed by atoms with E-state index in [1.807, 2.05) is 13.8 Å².